The summed E-state index contributed by atoms with van der Waals surface area (Å²) in [4.78, 5) is 12.8. The number of aromatic amines is 1. The first-order chi connectivity index (χ1) is 10.2. The highest BCUT2D eigenvalue weighted by molar-refractivity contribution is 6.30. The predicted molar refractivity (Wildman–Crippen MR) is 82.0 cm³/mol. The summed E-state index contributed by atoms with van der Waals surface area (Å²) >= 11 is 5.96. The molecule has 110 valence electrons. The van der Waals surface area contributed by atoms with Gasteiger partial charge in [-0.1, -0.05) is 36.6 Å². The lowest BCUT2D eigenvalue weighted by atomic mass is 9.78. The molecule has 0 radical (unpaired) electrons. The van der Waals surface area contributed by atoms with Crippen LogP contribution in [0.25, 0.3) is 0 Å². The van der Waals surface area contributed by atoms with Crippen LogP contribution in [0.5, 0.6) is 0 Å². The fourth-order valence-electron chi connectivity index (χ4n) is 3.12. The lowest BCUT2D eigenvalue weighted by molar-refractivity contribution is -0.126. The number of halogens is 1. The second kappa shape index (κ2) is 5.90. The van der Waals surface area contributed by atoms with Crippen LogP contribution in [0.3, 0.4) is 0 Å². The smallest absolute Gasteiger partial charge is 0.230 e. The maximum absolute atomic E-state index is 12.8. The molecule has 1 aliphatic carbocycles. The van der Waals surface area contributed by atoms with Crippen molar-refractivity contribution >= 4 is 17.5 Å². The third kappa shape index (κ3) is 2.81. The van der Waals surface area contributed by atoms with E-state index in [4.69, 9.17) is 11.6 Å². The number of carbonyl (C=O) groups excluding carboxylic acids is 1. The van der Waals surface area contributed by atoms with E-state index < -0.39 is 5.41 Å². The lowest BCUT2D eigenvalue weighted by Crippen LogP contribution is -2.42. The summed E-state index contributed by atoms with van der Waals surface area (Å²) in [5.41, 5.74) is 1.56. The lowest BCUT2D eigenvalue weighted by Gasteiger charge is -2.28. The zero-order valence-corrected chi connectivity index (χ0v) is 12.5. The van der Waals surface area contributed by atoms with Crippen LogP contribution in [0.4, 0.5) is 0 Å². The van der Waals surface area contributed by atoms with Crippen LogP contribution in [-0.4, -0.2) is 16.1 Å². The molecule has 1 aromatic carbocycles. The van der Waals surface area contributed by atoms with Crippen molar-refractivity contribution in [3.8, 4) is 0 Å². The topological polar surface area (TPSA) is 57.8 Å². The summed E-state index contributed by atoms with van der Waals surface area (Å²) in [6, 6.07) is 9.54. The summed E-state index contributed by atoms with van der Waals surface area (Å²) in [5.74, 6) is 0.0944. The third-order valence-corrected chi connectivity index (χ3v) is 4.54. The minimum Gasteiger partial charge on any atom is -0.350 e. The van der Waals surface area contributed by atoms with Crippen LogP contribution >= 0.6 is 11.6 Å². The van der Waals surface area contributed by atoms with Crippen LogP contribution in [0.15, 0.2) is 36.5 Å². The molecule has 3 rings (SSSR count). The Bertz CT molecular complexity index is 601. The van der Waals surface area contributed by atoms with Crippen LogP contribution < -0.4 is 5.32 Å². The quantitative estimate of drug-likeness (QED) is 0.911. The van der Waals surface area contributed by atoms with Crippen LogP contribution in [0.1, 0.15) is 36.9 Å². The molecule has 0 atom stereocenters. The highest BCUT2D eigenvalue weighted by Gasteiger charge is 2.42. The maximum Gasteiger partial charge on any atom is 0.230 e. The second-order valence-corrected chi connectivity index (χ2v) is 6.00. The van der Waals surface area contributed by atoms with E-state index in [-0.39, 0.29) is 5.91 Å². The van der Waals surface area contributed by atoms with Crippen molar-refractivity contribution in [2.75, 3.05) is 0 Å². The second-order valence-electron chi connectivity index (χ2n) is 5.56. The van der Waals surface area contributed by atoms with Gasteiger partial charge in [-0.05, 0) is 36.6 Å². The Morgan fingerprint density at radius 2 is 1.95 bits per heavy atom. The van der Waals surface area contributed by atoms with E-state index in [1.54, 1.807) is 6.20 Å². The first-order valence-electron chi connectivity index (χ1n) is 7.23. The Morgan fingerprint density at radius 3 is 2.57 bits per heavy atom. The number of aromatic nitrogens is 2. The van der Waals surface area contributed by atoms with E-state index in [1.807, 2.05) is 30.3 Å². The molecular formula is C16H18ClN3O. The van der Waals surface area contributed by atoms with Crippen molar-refractivity contribution in [3.63, 3.8) is 0 Å². The van der Waals surface area contributed by atoms with Gasteiger partial charge in [0.05, 0.1) is 17.7 Å². The van der Waals surface area contributed by atoms with Crippen molar-refractivity contribution in [2.24, 2.45) is 0 Å². The van der Waals surface area contributed by atoms with E-state index in [9.17, 15) is 4.79 Å². The van der Waals surface area contributed by atoms with Gasteiger partial charge in [0.2, 0.25) is 5.91 Å². The van der Waals surface area contributed by atoms with Gasteiger partial charge in [0.1, 0.15) is 0 Å². The van der Waals surface area contributed by atoms with Gasteiger partial charge in [0.25, 0.3) is 0 Å². The number of amides is 1. The van der Waals surface area contributed by atoms with Crippen molar-refractivity contribution < 1.29 is 4.79 Å². The van der Waals surface area contributed by atoms with Crippen molar-refractivity contribution in [3.05, 3.63) is 52.8 Å². The SMILES string of the molecule is O=C(NCc1ccn[nH]1)C1(c2ccc(Cl)cc2)CCCC1. The number of nitrogens with one attached hydrogen (secondary N) is 2. The molecule has 1 aliphatic rings. The summed E-state index contributed by atoms with van der Waals surface area (Å²) in [6.07, 6.45) is 5.64. The first-order valence-corrected chi connectivity index (χ1v) is 7.61. The number of rotatable bonds is 4. The molecule has 5 heteroatoms. The fourth-order valence-corrected chi connectivity index (χ4v) is 3.25. The predicted octanol–water partition coefficient (Wildman–Crippen LogP) is 3.19. The molecule has 2 aromatic rings. The summed E-state index contributed by atoms with van der Waals surface area (Å²) in [6.45, 7) is 0.480. The van der Waals surface area contributed by atoms with Gasteiger partial charge in [-0.25, -0.2) is 0 Å². The molecule has 4 nitrogen and oxygen atoms in total. The number of hydrogen-bond acceptors (Lipinski definition) is 2. The molecular weight excluding hydrogens is 286 g/mol. The molecule has 0 bridgehead atoms. The summed E-state index contributed by atoms with van der Waals surface area (Å²) in [5, 5.41) is 10.5. The largest absolute Gasteiger partial charge is 0.350 e. The molecule has 1 amide bonds. The Hall–Kier alpha value is -1.81. The third-order valence-electron chi connectivity index (χ3n) is 4.29. The highest BCUT2D eigenvalue weighted by atomic mass is 35.5. The number of benzene rings is 1. The Labute approximate surface area is 128 Å². The van der Waals surface area contributed by atoms with Gasteiger partial charge in [0.15, 0.2) is 0 Å². The normalized spacial score (nSPS) is 16.8. The van der Waals surface area contributed by atoms with E-state index in [0.29, 0.717) is 11.6 Å². The standard InChI is InChI=1S/C16H18ClN3O/c17-13-5-3-12(4-6-13)16(8-1-2-9-16)15(21)18-11-14-7-10-19-20-14/h3-7,10H,1-2,8-9,11H2,(H,18,21)(H,19,20). The Kier molecular flexibility index (Phi) is 3.97. The zero-order valence-electron chi connectivity index (χ0n) is 11.7. The number of H-pyrrole nitrogens is 1. The molecule has 1 fully saturated rings. The van der Waals surface area contributed by atoms with E-state index >= 15 is 0 Å². The average Bonchev–Trinajstić information content (AvgIpc) is 3.17. The molecule has 0 spiro atoms. The van der Waals surface area contributed by atoms with Crippen molar-refractivity contribution in [1.82, 2.24) is 15.5 Å². The molecule has 1 aromatic heterocycles. The van der Waals surface area contributed by atoms with Gasteiger partial charge < -0.3 is 5.32 Å². The summed E-state index contributed by atoms with van der Waals surface area (Å²) < 4.78 is 0. The van der Waals surface area contributed by atoms with Gasteiger partial charge in [-0.3, -0.25) is 9.89 Å². The number of hydrogen-bond donors (Lipinski definition) is 2. The zero-order chi connectivity index (χ0) is 14.7. The van der Waals surface area contributed by atoms with Gasteiger partial charge in [0, 0.05) is 11.2 Å². The molecule has 2 N–H and O–H groups in total. The average molecular weight is 304 g/mol. The number of nitrogens with zero attached hydrogens (tertiary/aromatic N) is 1. The Morgan fingerprint density at radius 1 is 1.24 bits per heavy atom. The number of carbonyl (C=O) groups is 1. The van der Waals surface area contributed by atoms with Crippen LogP contribution in [0.2, 0.25) is 5.02 Å². The van der Waals surface area contributed by atoms with Crippen LogP contribution in [0, 0.1) is 0 Å². The molecule has 21 heavy (non-hydrogen) atoms. The monoisotopic (exact) mass is 303 g/mol. The minimum atomic E-state index is -0.412. The van der Waals surface area contributed by atoms with E-state index in [1.165, 1.54) is 0 Å². The van der Waals surface area contributed by atoms with Gasteiger partial charge in [-0.2, -0.15) is 5.10 Å². The minimum absolute atomic E-state index is 0.0944. The highest BCUT2D eigenvalue weighted by Crippen LogP contribution is 2.41. The van der Waals surface area contributed by atoms with Crippen LogP contribution in [-0.2, 0) is 16.8 Å². The fraction of sp³-hybridized carbons (Fsp3) is 0.375. The molecule has 1 heterocycles. The van der Waals surface area contributed by atoms with Gasteiger partial charge in [-0.15, -0.1) is 0 Å². The van der Waals surface area contributed by atoms with E-state index in [0.717, 1.165) is 36.9 Å². The van der Waals surface area contributed by atoms with Crippen molar-refractivity contribution in [1.29, 1.82) is 0 Å². The van der Waals surface area contributed by atoms with E-state index in [2.05, 4.69) is 15.5 Å². The van der Waals surface area contributed by atoms with Crippen molar-refractivity contribution in [2.45, 2.75) is 37.6 Å². The maximum atomic E-state index is 12.8. The molecule has 1 saturated carbocycles. The summed E-state index contributed by atoms with van der Waals surface area (Å²) in [7, 11) is 0. The first kappa shape index (κ1) is 14.1. The van der Waals surface area contributed by atoms with Gasteiger partial charge >= 0.3 is 0 Å². The molecule has 0 aliphatic heterocycles. The molecule has 0 unspecified atom stereocenters. The molecule has 0 saturated heterocycles. The Balaban J connectivity index is 1.79.